The molecule has 0 aliphatic heterocycles. The van der Waals surface area contributed by atoms with E-state index >= 15 is 0 Å². The fraction of sp³-hybridized carbons (Fsp3) is 0.300. The Bertz CT molecular complexity index is 408. The average Bonchev–Trinajstić information content (AvgIpc) is 2.20. The van der Waals surface area contributed by atoms with Gasteiger partial charge in [-0.3, -0.25) is 10.2 Å². The number of hydrogen-bond acceptors (Lipinski definition) is 3. The van der Waals surface area contributed by atoms with E-state index < -0.39 is 0 Å². The minimum absolute atomic E-state index is 0.181. The van der Waals surface area contributed by atoms with Crippen LogP contribution in [0.5, 0.6) is 5.75 Å². The second-order valence-corrected chi connectivity index (χ2v) is 4.03. The van der Waals surface area contributed by atoms with Crippen molar-refractivity contribution in [3.05, 3.63) is 27.7 Å². The van der Waals surface area contributed by atoms with E-state index in [1.165, 1.54) is 12.1 Å². The first-order chi connectivity index (χ1) is 7.47. The van der Waals surface area contributed by atoms with Crippen LogP contribution in [0.15, 0.2) is 12.1 Å². The van der Waals surface area contributed by atoms with Gasteiger partial charge in [0.1, 0.15) is 10.8 Å². The third-order valence-electron chi connectivity index (χ3n) is 1.84. The van der Waals surface area contributed by atoms with Crippen molar-refractivity contribution in [3.8, 4) is 5.75 Å². The zero-order chi connectivity index (χ0) is 12.3. The molecule has 0 bridgehead atoms. The summed E-state index contributed by atoms with van der Waals surface area (Å²) in [6.07, 6.45) is 0. The summed E-state index contributed by atoms with van der Waals surface area (Å²) in [5.41, 5.74) is 2.88. The van der Waals surface area contributed by atoms with Crippen LogP contribution < -0.4 is 10.2 Å². The summed E-state index contributed by atoms with van der Waals surface area (Å²) in [7, 11) is 4.89. The molecule has 0 saturated carbocycles. The molecule has 0 unspecified atom stereocenters. The van der Waals surface area contributed by atoms with Crippen LogP contribution in [0, 0.1) is 0 Å². The summed E-state index contributed by atoms with van der Waals surface area (Å²) in [6, 6.07) is 3.16. The van der Waals surface area contributed by atoms with E-state index in [0.29, 0.717) is 11.3 Å². The third-order valence-corrected chi connectivity index (χ3v) is 2.70. The second-order valence-electron chi connectivity index (χ2n) is 3.28. The van der Waals surface area contributed by atoms with Crippen LogP contribution in [-0.2, 0) is 0 Å². The summed E-state index contributed by atoms with van der Waals surface area (Å²) >= 11 is 11.9. The third kappa shape index (κ3) is 2.78. The van der Waals surface area contributed by atoms with Crippen molar-refractivity contribution < 1.29 is 9.53 Å². The van der Waals surface area contributed by atoms with Crippen LogP contribution in [-0.4, -0.2) is 32.1 Å². The van der Waals surface area contributed by atoms with Gasteiger partial charge < -0.3 is 4.74 Å². The van der Waals surface area contributed by atoms with Gasteiger partial charge in [0.05, 0.1) is 17.7 Å². The zero-order valence-corrected chi connectivity index (χ0v) is 10.7. The van der Waals surface area contributed by atoms with Crippen LogP contribution >= 0.6 is 23.2 Å². The molecule has 16 heavy (non-hydrogen) atoms. The van der Waals surface area contributed by atoms with E-state index in [1.54, 1.807) is 26.2 Å². The van der Waals surface area contributed by atoms with Gasteiger partial charge in [0.15, 0.2) is 0 Å². The van der Waals surface area contributed by atoms with Gasteiger partial charge in [-0.25, -0.2) is 5.01 Å². The molecule has 0 spiro atoms. The maximum atomic E-state index is 11.7. The van der Waals surface area contributed by atoms with Crippen molar-refractivity contribution in [2.45, 2.75) is 0 Å². The summed E-state index contributed by atoms with van der Waals surface area (Å²) in [5.74, 6) is 0.118. The Kier molecular flexibility index (Phi) is 4.41. The van der Waals surface area contributed by atoms with Crippen LogP contribution in [0.2, 0.25) is 10.0 Å². The van der Waals surface area contributed by atoms with Crippen molar-refractivity contribution in [1.82, 2.24) is 10.4 Å². The number of carbonyl (C=O) groups is 1. The monoisotopic (exact) mass is 262 g/mol. The molecule has 0 aliphatic rings. The molecule has 1 amide bonds. The highest BCUT2D eigenvalue weighted by atomic mass is 35.5. The van der Waals surface area contributed by atoms with Crippen LogP contribution in [0.25, 0.3) is 0 Å². The fourth-order valence-electron chi connectivity index (χ4n) is 1.13. The van der Waals surface area contributed by atoms with Crippen molar-refractivity contribution in [2.24, 2.45) is 0 Å². The maximum Gasteiger partial charge on any atom is 0.267 e. The summed E-state index contributed by atoms with van der Waals surface area (Å²) in [4.78, 5) is 11.7. The number of nitrogens with zero attached hydrogens (tertiary/aromatic N) is 1. The number of hydrogen-bond donors (Lipinski definition) is 1. The molecule has 4 nitrogen and oxygen atoms in total. The van der Waals surface area contributed by atoms with Crippen LogP contribution in [0.1, 0.15) is 10.4 Å². The van der Waals surface area contributed by atoms with Crippen LogP contribution in [0.3, 0.4) is 0 Å². The maximum absolute atomic E-state index is 11.7. The molecule has 0 aliphatic carbocycles. The van der Waals surface area contributed by atoms with Gasteiger partial charge in [0.2, 0.25) is 0 Å². The molecule has 0 heterocycles. The number of ether oxygens (including phenoxy) is 1. The Labute approximate surface area is 104 Å². The summed E-state index contributed by atoms with van der Waals surface area (Å²) in [5, 5.41) is 1.94. The number of nitrogens with one attached hydrogen (secondary N) is 1. The first kappa shape index (κ1) is 13.1. The first-order valence-electron chi connectivity index (χ1n) is 4.47. The van der Waals surface area contributed by atoms with Gasteiger partial charge in [0.25, 0.3) is 5.91 Å². The van der Waals surface area contributed by atoms with E-state index in [2.05, 4.69) is 5.43 Å². The normalized spacial score (nSPS) is 10.4. The van der Waals surface area contributed by atoms with Crippen LogP contribution in [0.4, 0.5) is 0 Å². The second kappa shape index (κ2) is 5.39. The lowest BCUT2D eigenvalue weighted by Crippen LogP contribution is -2.36. The Morgan fingerprint density at radius 1 is 1.31 bits per heavy atom. The molecular weight excluding hydrogens is 251 g/mol. The zero-order valence-electron chi connectivity index (χ0n) is 9.17. The van der Waals surface area contributed by atoms with Crippen molar-refractivity contribution in [2.75, 3.05) is 21.2 Å². The summed E-state index contributed by atoms with van der Waals surface area (Å²) in [6.45, 7) is 0. The molecule has 0 atom stereocenters. The number of methoxy groups -OCH3 is 1. The van der Waals surface area contributed by atoms with E-state index in [1.807, 2.05) is 0 Å². The van der Waals surface area contributed by atoms with E-state index in [0.717, 1.165) is 0 Å². The number of amides is 1. The Morgan fingerprint density at radius 2 is 1.94 bits per heavy atom. The molecule has 1 N–H and O–H groups in total. The average molecular weight is 263 g/mol. The molecule has 0 radical (unpaired) electrons. The lowest BCUT2D eigenvalue weighted by atomic mass is 10.2. The van der Waals surface area contributed by atoms with Gasteiger partial charge in [-0.1, -0.05) is 23.2 Å². The number of rotatable bonds is 3. The Balaban J connectivity index is 3.07. The number of hydrazine groups is 1. The molecule has 6 heteroatoms. The topological polar surface area (TPSA) is 41.6 Å². The minimum atomic E-state index is -0.320. The highest BCUT2D eigenvalue weighted by molar-refractivity contribution is 6.44. The van der Waals surface area contributed by atoms with Gasteiger partial charge >= 0.3 is 0 Å². The van der Waals surface area contributed by atoms with Gasteiger partial charge in [-0.15, -0.1) is 0 Å². The van der Waals surface area contributed by atoms with Gasteiger partial charge in [-0.05, 0) is 12.1 Å². The smallest absolute Gasteiger partial charge is 0.267 e. The van der Waals surface area contributed by atoms with Crippen molar-refractivity contribution in [3.63, 3.8) is 0 Å². The quantitative estimate of drug-likeness (QED) is 0.850. The Hall–Kier alpha value is -0.970. The van der Waals surface area contributed by atoms with E-state index in [9.17, 15) is 4.79 Å². The molecule has 1 aromatic carbocycles. The predicted molar refractivity (Wildman–Crippen MR) is 64.2 cm³/mol. The highest BCUT2D eigenvalue weighted by Crippen LogP contribution is 2.34. The summed E-state index contributed by atoms with van der Waals surface area (Å²) < 4.78 is 4.98. The Morgan fingerprint density at radius 3 is 2.44 bits per heavy atom. The number of carbonyl (C=O) groups excluding carboxylic acids is 1. The first-order valence-corrected chi connectivity index (χ1v) is 5.23. The largest absolute Gasteiger partial charge is 0.495 e. The lowest BCUT2D eigenvalue weighted by Gasteiger charge is -2.13. The molecular formula is C10H12Cl2N2O2. The van der Waals surface area contributed by atoms with Crippen molar-refractivity contribution >= 4 is 29.1 Å². The van der Waals surface area contributed by atoms with E-state index in [4.69, 9.17) is 27.9 Å². The van der Waals surface area contributed by atoms with Gasteiger partial charge in [0, 0.05) is 14.1 Å². The van der Waals surface area contributed by atoms with Gasteiger partial charge in [-0.2, -0.15) is 0 Å². The standard InChI is InChI=1S/C10H12Cl2N2O2/c1-14(2)13-10(15)6-4-5-7(16-3)9(12)8(6)11/h4-5H,1-3H3,(H,13,15). The molecule has 88 valence electrons. The number of halogens is 2. The highest BCUT2D eigenvalue weighted by Gasteiger charge is 2.16. The lowest BCUT2D eigenvalue weighted by molar-refractivity contribution is 0.0857. The molecule has 1 rings (SSSR count). The predicted octanol–water partition coefficient (Wildman–Crippen LogP) is 2.21. The van der Waals surface area contributed by atoms with Crippen molar-refractivity contribution in [1.29, 1.82) is 0 Å². The SMILES string of the molecule is COc1ccc(C(=O)NN(C)C)c(Cl)c1Cl. The molecule has 0 aromatic heterocycles. The fourth-order valence-corrected chi connectivity index (χ4v) is 1.61. The minimum Gasteiger partial charge on any atom is -0.495 e. The molecule has 1 aromatic rings. The van der Waals surface area contributed by atoms with E-state index in [-0.39, 0.29) is 16.0 Å². The number of benzene rings is 1. The molecule has 0 fully saturated rings. The molecule has 0 saturated heterocycles.